The van der Waals surface area contributed by atoms with Crippen molar-refractivity contribution in [2.45, 2.75) is 26.3 Å². The van der Waals surface area contributed by atoms with Crippen molar-refractivity contribution < 1.29 is 18.7 Å². The SMILES string of the molecule is Cc1cccc(OCCCC(=O)NCc2ccc(NC(=O)c3ccco3)cc2)c1. The lowest BCUT2D eigenvalue weighted by molar-refractivity contribution is -0.121. The summed E-state index contributed by atoms with van der Waals surface area (Å²) in [6.07, 6.45) is 2.51. The number of anilines is 1. The molecule has 0 aliphatic carbocycles. The Bertz CT molecular complexity index is 934. The smallest absolute Gasteiger partial charge is 0.291 e. The van der Waals surface area contributed by atoms with Crippen molar-refractivity contribution in [3.05, 3.63) is 83.8 Å². The molecule has 6 nitrogen and oxygen atoms in total. The van der Waals surface area contributed by atoms with Crippen LogP contribution in [0.2, 0.25) is 0 Å². The van der Waals surface area contributed by atoms with Gasteiger partial charge < -0.3 is 19.8 Å². The van der Waals surface area contributed by atoms with Gasteiger partial charge in [-0.25, -0.2) is 0 Å². The maximum Gasteiger partial charge on any atom is 0.291 e. The fourth-order valence-electron chi connectivity index (χ4n) is 2.72. The van der Waals surface area contributed by atoms with E-state index in [2.05, 4.69) is 10.6 Å². The van der Waals surface area contributed by atoms with Crippen LogP contribution >= 0.6 is 0 Å². The summed E-state index contributed by atoms with van der Waals surface area (Å²) in [5.41, 5.74) is 2.76. The van der Waals surface area contributed by atoms with Gasteiger partial charge in [-0.05, 0) is 60.9 Å². The van der Waals surface area contributed by atoms with Crippen LogP contribution in [-0.4, -0.2) is 18.4 Å². The third-order valence-electron chi connectivity index (χ3n) is 4.25. The second-order valence-corrected chi connectivity index (χ2v) is 6.67. The van der Waals surface area contributed by atoms with Crippen LogP contribution < -0.4 is 15.4 Å². The molecule has 0 spiro atoms. The van der Waals surface area contributed by atoms with E-state index in [0.717, 1.165) is 16.9 Å². The molecule has 0 fully saturated rings. The molecule has 0 radical (unpaired) electrons. The zero-order valence-electron chi connectivity index (χ0n) is 16.3. The fourth-order valence-corrected chi connectivity index (χ4v) is 2.72. The molecule has 2 N–H and O–H groups in total. The molecule has 150 valence electrons. The van der Waals surface area contributed by atoms with E-state index in [9.17, 15) is 9.59 Å². The Hall–Kier alpha value is -3.54. The van der Waals surface area contributed by atoms with E-state index in [1.165, 1.54) is 6.26 Å². The lowest BCUT2D eigenvalue weighted by atomic mass is 10.2. The number of benzene rings is 2. The maximum atomic E-state index is 12.0. The van der Waals surface area contributed by atoms with Gasteiger partial charge in [0.1, 0.15) is 5.75 Å². The minimum Gasteiger partial charge on any atom is -0.494 e. The van der Waals surface area contributed by atoms with Crippen LogP contribution in [0.15, 0.2) is 71.3 Å². The maximum absolute atomic E-state index is 12.0. The van der Waals surface area contributed by atoms with E-state index in [4.69, 9.17) is 9.15 Å². The summed E-state index contributed by atoms with van der Waals surface area (Å²) in [4.78, 5) is 23.9. The Labute approximate surface area is 169 Å². The lowest BCUT2D eigenvalue weighted by Crippen LogP contribution is -2.23. The molecular formula is C23H24N2O4. The third-order valence-corrected chi connectivity index (χ3v) is 4.25. The zero-order chi connectivity index (χ0) is 20.5. The Morgan fingerprint density at radius 3 is 2.59 bits per heavy atom. The molecule has 3 aromatic rings. The molecule has 2 amide bonds. The number of furan rings is 1. The number of rotatable bonds is 9. The minimum atomic E-state index is -0.302. The molecule has 2 aromatic carbocycles. The van der Waals surface area contributed by atoms with Gasteiger partial charge in [0.15, 0.2) is 5.76 Å². The Morgan fingerprint density at radius 2 is 1.86 bits per heavy atom. The molecular weight excluding hydrogens is 368 g/mol. The quantitative estimate of drug-likeness (QED) is 0.532. The highest BCUT2D eigenvalue weighted by Gasteiger charge is 2.08. The molecule has 0 saturated carbocycles. The summed E-state index contributed by atoms with van der Waals surface area (Å²) < 4.78 is 10.7. The van der Waals surface area contributed by atoms with Crippen LogP contribution in [0.1, 0.15) is 34.5 Å². The predicted octanol–water partition coefficient (Wildman–Crippen LogP) is 4.32. The highest BCUT2D eigenvalue weighted by Crippen LogP contribution is 2.13. The molecule has 0 aliphatic rings. The molecule has 0 saturated heterocycles. The molecule has 0 aliphatic heterocycles. The van der Waals surface area contributed by atoms with Gasteiger partial charge in [-0.2, -0.15) is 0 Å². The molecule has 0 atom stereocenters. The average molecular weight is 392 g/mol. The number of nitrogens with one attached hydrogen (secondary N) is 2. The fraction of sp³-hybridized carbons (Fsp3) is 0.217. The summed E-state index contributed by atoms with van der Waals surface area (Å²) in [7, 11) is 0. The van der Waals surface area contributed by atoms with Gasteiger partial charge in [0.05, 0.1) is 12.9 Å². The first-order chi connectivity index (χ1) is 14.1. The largest absolute Gasteiger partial charge is 0.494 e. The second kappa shape index (κ2) is 10.1. The second-order valence-electron chi connectivity index (χ2n) is 6.67. The first-order valence-electron chi connectivity index (χ1n) is 9.50. The Kier molecular flexibility index (Phi) is 7.05. The van der Waals surface area contributed by atoms with Crippen LogP contribution in [0, 0.1) is 6.92 Å². The number of carbonyl (C=O) groups excluding carboxylic acids is 2. The summed E-state index contributed by atoms with van der Waals surface area (Å²) in [5, 5.41) is 5.65. The lowest BCUT2D eigenvalue weighted by Gasteiger charge is -2.08. The summed E-state index contributed by atoms with van der Waals surface area (Å²) in [6.45, 7) is 2.95. The molecule has 3 rings (SSSR count). The van der Waals surface area contributed by atoms with E-state index in [0.29, 0.717) is 31.7 Å². The molecule has 1 aromatic heterocycles. The first kappa shape index (κ1) is 20.2. The van der Waals surface area contributed by atoms with Crippen molar-refractivity contribution in [1.29, 1.82) is 0 Å². The zero-order valence-corrected chi connectivity index (χ0v) is 16.3. The van der Waals surface area contributed by atoms with Gasteiger partial charge >= 0.3 is 0 Å². The summed E-state index contributed by atoms with van der Waals surface area (Å²) >= 11 is 0. The number of aryl methyl sites for hydroxylation is 1. The molecule has 6 heteroatoms. The first-order valence-corrected chi connectivity index (χ1v) is 9.50. The highest BCUT2D eigenvalue weighted by atomic mass is 16.5. The Balaban J connectivity index is 1.35. The standard InChI is InChI=1S/C23H24N2O4/c1-17-5-2-6-20(15-17)28-13-4-8-22(26)24-16-18-9-11-19(12-10-18)25-23(27)21-7-3-14-29-21/h2-3,5-7,9-12,14-15H,4,8,13,16H2,1H3,(H,24,26)(H,25,27). The third kappa shape index (κ3) is 6.53. The predicted molar refractivity (Wildman–Crippen MR) is 111 cm³/mol. The van der Waals surface area contributed by atoms with Gasteiger partial charge in [-0.15, -0.1) is 0 Å². The summed E-state index contributed by atoms with van der Waals surface area (Å²) in [5.74, 6) is 0.759. The number of ether oxygens (including phenoxy) is 1. The van der Waals surface area contributed by atoms with Gasteiger partial charge in [-0.3, -0.25) is 9.59 Å². The van der Waals surface area contributed by atoms with Crippen LogP contribution in [0.4, 0.5) is 5.69 Å². The minimum absolute atomic E-state index is 0.0203. The molecule has 0 unspecified atom stereocenters. The van der Waals surface area contributed by atoms with Crippen LogP contribution in [0.5, 0.6) is 5.75 Å². The van der Waals surface area contributed by atoms with Crippen LogP contribution in [0.3, 0.4) is 0 Å². The molecule has 0 bridgehead atoms. The van der Waals surface area contributed by atoms with Crippen molar-refractivity contribution in [3.8, 4) is 5.75 Å². The normalized spacial score (nSPS) is 10.4. The Morgan fingerprint density at radius 1 is 1.03 bits per heavy atom. The van der Waals surface area contributed by atoms with E-state index >= 15 is 0 Å². The number of hydrogen-bond donors (Lipinski definition) is 2. The molecule has 1 heterocycles. The number of amides is 2. The van der Waals surface area contributed by atoms with Crippen LogP contribution in [-0.2, 0) is 11.3 Å². The van der Waals surface area contributed by atoms with E-state index in [1.54, 1.807) is 24.3 Å². The van der Waals surface area contributed by atoms with Crippen molar-refractivity contribution >= 4 is 17.5 Å². The highest BCUT2D eigenvalue weighted by molar-refractivity contribution is 6.02. The van der Waals surface area contributed by atoms with E-state index < -0.39 is 0 Å². The number of carbonyl (C=O) groups is 2. The molecule has 29 heavy (non-hydrogen) atoms. The average Bonchev–Trinajstić information content (AvgIpc) is 3.26. The number of hydrogen-bond acceptors (Lipinski definition) is 4. The van der Waals surface area contributed by atoms with Crippen molar-refractivity contribution in [2.75, 3.05) is 11.9 Å². The van der Waals surface area contributed by atoms with Gasteiger partial charge in [0, 0.05) is 18.7 Å². The van der Waals surface area contributed by atoms with Gasteiger partial charge in [-0.1, -0.05) is 24.3 Å². The van der Waals surface area contributed by atoms with Crippen molar-refractivity contribution in [2.24, 2.45) is 0 Å². The van der Waals surface area contributed by atoms with Crippen LogP contribution in [0.25, 0.3) is 0 Å². The van der Waals surface area contributed by atoms with Gasteiger partial charge in [0.25, 0.3) is 5.91 Å². The van der Waals surface area contributed by atoms with E-state index in [1.807, 2.05) is 43.3 Å². The monoisotopic (exact) mass is 392 g/mol. The topological polar surface area (TPSA) is 80.6 Å². The van der Waals surface area contributed by atoms with Crippen molar-refractivity contribution in [1.82, 2.24) is 5.32 Å². The van der Waals surface area contributed by atoms with E-state index in [-0.39, 0.29) is 17.6 Å². The van der Waals surface area contributed by atoms with Gasteiger partial charge in [0.2, 0.25) is 5.91 Å². The van der Waals surface area contributed by atoms with Crippen molar-refractivity contribution in [3.63, 3.8) is 0 Å². The summed E-state index contributed by atoms with van der Waals surface area (Å²) in [6, 6.07) is 18.4.